The van der Waals surface area contributed by atoms with E-state index in [2.05, 4.69) is 0 Å². The molecule has 0 aliphatic carbocycles. The Bertz CT molecular complexity index is 1080. The fraction of sp³-hybridized carbons (Fsp3) is 0.296. The second kappa shape index (κ2) is 10.7. The van der Waals surface area contributed by atoms with Gasteiger partial charge in [0.2, 0.25) is 0 Å². The summed E-state index contributed by atoms with van der Waals surface area (Å²) in [6, 6.07) is 24.2. The molecule has 1 amide bonds. The first-order valence-corrected chi connectivity index (χ1v) is 11.2. The van der Waals surface area contributed by atoms with E-state index in [1.54, 1.807) is 78.9 Å². The Morgan fingerprint density at radius 2 is 1.08 bits per heavy atom. The van der Waals surface area contributed by atoms with Crippen molar-refractivity contribution in [2.24, 2.45) is 0 Å². The fourth-order valence-corrected chi connectivity index (χ4v) is 4.04. The Morgan fingerprint density at radius 1 is 0.694 bits per heavy atom. The summed E-state index contributed by atoms with van der Waals surface area (Å²) in [5.41, 5.74) is 1.86. The molecular weight excluding hydrogens is 487 g/mol. The predicted octanol–water partition coefficient (Wildman–Crippen LogP) is 7.63. The molecule has 0 radical (unpaired) electrons. The van der Waals surface area contributed by atoms with E-state index in [0.717, 1.165) is 11.1 Å². The van der Waals surface area contributed by atoms with Gasteiger partial charge in [-0.05, 0) is 30.0 Å². The molecule has 0 saturated heterocycles. The zero-order chi connectivity index (χ0) is 26.6. The molecule has 3 rings (SSSR count). The minimum absolute atomic E-state index is 0.00457. The van der Waals surface area contributed by atoms with Crippen LogP contribution in [-0.2, 0) is 4.79 Å². The average molecular weight is 511 g/mol. The molecule has 3 aromatic carbocycles. The second-order valence-corrected chi connectivity index (χ2v) is 8.39. The van der Waals surface area contributed by atoms with Crippen molar-refractivity contribution in [3.05, 3.63) is 108 Å². The summed E-state index contributed by atoms with van der Waals surface area (Å²) in [6.07, 6.45) is -6.60. The normalized spacial score (nSPS) is 13.5. The monoisotopic (exact) mass is 511 g/mol. The van der Waals surface area contributed by atoms with Crippen LogP contribution in [0.2, 0.25) is 0 Å². The van der Waals surface area contributed by atoms with Crippen LogP contribution in [0.5, 0.6) is 0 Å². The highest BCUT2D eigenvalue weighted by molar-refractivity contribution is 5.85. The number of amides is 1. The van der Waals surface area contributed by atoms with Gasteiger partial charge in [-0.3, -0.25) is 4.79 Å². The molecular formula is C27H24F7NO. The van der Waals surface area contributed by atoms with Crippen molar-refractivity contribution < 1.29 is 35.5 Å². The van der Waals surface area contributed by atoms with Gasteiger partial charge in [0.25, 0.3) is 0 Å². The fourth-order valence-electron chi connectivity index (χ4n) is 4.04. The van der Waals surface area contributed by atoms with Crippen LogP contribution < -0.4 is 0 Å². The molecule has 2 nitrogen and oxygen atoms in total. The zero-order valence-corrected chi connectivity index (χ0v) is 19.2. The van der Waals surface area contributed by atoms with Crippen LogP contribution in [0.1, 0.15) is 42.0 Å². The lowest BCUT2D eigenvalue weighted by atomic mass is 9.88. The quantitative estimate of drug-likeness (QED) is 0.271. The van der Waals surface area contributed by atoms with Crippen molar-refractivity contribution in [2.45, 2.75) is 43.3 Å². The summed E-state index contributed by atoms with van der Waals surface area (Å²) in [6.45, 7) is 0.821. The van der Waals surface area contributed by atoms with Gasteiger partial charge in [-0.1, -0.05) is 91.0 Å². The van der Waals surface area contributed by atoms with Crippen LogP contribution in [0.4, 0.5) is 30.7 Å². The molecule has 1 unspecified atom stereocenters. The highest BCUT2D eigenvalue weighted by Crippen LogP contribution is 2.48. The Balaban J connectivity index is 2.00. The Hall–Kier alpha value is -3.36. The number of carbonyl (C=O) groups is 1. The van der Waals surface area contributed by atoms with E-state index in [4.69, 9.17) is 0 Å². The first-order valence-electron chi connectivity index (χ1n) is 11.2. The van der Waals surface area contributed by atoms with Gasteiger partial charge in [0, 0.05) is 12.5 Å². The molecule has 0 spiro atoms. The average Bonchev–Trinajstić information content (AvgIpc) is 2.87. The molecule has 0 saturated carbocycles. The van der Waals surface area contributed by atoms with Crippen molar-refractivity contribution in [2.75, 3.05) is 6.54 Å². The van der Waals surface area contributed by atoms with E-state index in [-0.39, 0.29) is 6.42 Å². The van der Waals surface area contributed by atoms with E-state index < -0.39 is 42.4 Å². The molecule has 0 N–H and O–H groups in total. The van der Waals surface area contributed by atoms with E-state index in [1.165, 1.54) is 19.1 Å². The summed E-state index contributed by atoms with van der Waals surface area (Å²) >= 11 is 0. The van der Waals surface area contributed by atoms with Crippen molar-refractivity contribution in [1.82, 2.24) is 4.90 Å². The Kier molecular flexibility index (Phi) is 8.11. The first-order chi connectivity index (χ1) is 16.9. The number of alkyl halides is 7. The zero-order valence-electron chi connectivity index (χ0n) is 19.2. The molecule has 3 aromatic rings. The topological polar surface area (TPSA) is 20.3 Å². The molecule has 192 valence electrons. The van der Waals surface area contributed by atoms with Crippen LogP contribution in [0.25, 0.3) is 0 Å². The number of benzene rings is 3. The third kappa shape index (κ3) is 5.55. The van der Waals surface area contributed by atoms with Crippen molar-refractivity contribution in [3.8, 4) is 0 Å². The van der Waals surface area contributed by atoms with Crippen LogP contribution in [0, 0.1) is 0 Å². The highest BCUT2D eigenvalue weighted by Gasteiger charge is 2.77. The van der Waals surface area contributed by atoms with Gasteiger partial charge < -0.3 is 4.90 Å². The van der Waals surface area contributed by atoms with Crippen LogP contribution in [0.3, 0.4) is 0 Å². The summed E-state index contributed by atoms with van der Waals surface area (Å²) < 4.78 is 95.1. The number of hydrogen-bond donors (Lipinski definition) is 0. The third-order valence-corrected chi connectivity index (χ3v) is 6.09. The van der Waals surface area contributed by atoms with Gasteiger partial charge in [-0.25, -0.2) is 0 Å². The molecule has 9 heteroatoms. The maximum absolute atomic E-state index is 14.5. The van der Waals surface area contributed by atoms with Gasteiger partial charge in [-0.15, -0.1) is 0 Å². The maximum Gasteiger partial charge on any atom is 0.460 e. The lowest BCUT2D eigenvalue weighted by Crippen LogP contribution is -2.60. The number of carbonyl (C=O) groups excluding carboxylic acids is 1. The summed E-state index contributed by atoms with van der Waals surface area (Å²) in [5, 5.41) is 0. The summed E-state index contributed by atoms with van der Waals surface area (Å²) in [5.74, 6) is -15.5. The summed E-state index contributed by atoms with van der Waals surface area (Å²) in [7, 11) is 0. The molecule has 0 aliphatic rings. The number of hydrogen-bond acceptors (Lipinski definition) is 1. The second-order valence-electron chi connectivity index (χ2n) is 8.39. The lowest BCUT2D eigenvalue weighted by Gasteiger charge is -2.36. The molecule has 0 bridgehead atoms. The lowest BCUT2D eigenvalue weighted by molar-refractivity contribution is -0.346. The predicted molar refractivity (Wildman–Crippen MR) is 122 cm³/mol. The Morgan fingerprint density at radius 3 is 1.47 bits per heavy atom. The van der Waals surface area contributed by atoms with E-state index >= 15 is 0 Å². The van der Waals surface area contributed by atoms with Gasteiger partial charge in [0.05, 0.1) is 6.04 Å². The minimum atomic E-state index is -6.61. The smallest absolute Gasteiger partial charge is 0.330 e. The van der Waals surface area contributed by atoms with Crippen LogP contribution >= 0.6 is 0 Å². The van der Waals surface area contributed by atoms with E-state index in [0.29, 0.717) is 10.5 Å². The van der Waals surface area contributed by atoms with Crippen LogP contribution in [0.15, 0.2) is 91.0 Å². The standard InChI is InChI=1S/C27H24F7NO/c1-19(20-11-5-2-6-12-20)35(24(36)25(28,29)26(30,31)27(32,33)34)18-17-23(21-13-7-3-8-14-21)22-15-9-4-10-16-22/h2-16,19,23H,17-18H2,1H3. The molecule has 0 aromatic heterocycles. The largest absolute Gasteiger partial charge is 0.460 e. The molecule has 0 aliphatic heterocycles. The van der Waals surface area contributed by atoms with Crippen molar-refractivity contribution in [3.63, 3.8) is 0 Å². The van der Waals surface area contributed by atoms with E-state index in [9.17, 15) is 35.5 Å². The van der Waals surface area contributed by atoms with E-state index in [1.807, 2.05) is 0 Å². The van der Waals surface area contributed by atoms with Crippen molar-refractivity contribution in [1.29, 1.82) is 0 Å². The van der Waals surface area contributed by atoms with Gasteiger partial charge in [-0.2, -0.15) is 30.7 Å². The first kappa shape index (κ1) is 27.2. The number of halogens is 7. The number of rotatable bonds is 9. The molecule has 36 heavy (non-hydrogen) atoms. The Labute approximate surface area is 204 Å². The molecule has 0 heterocycles. The van der Waals surface area contributed by atoms with Crippen LogP contribution in [-0.4, -0.2) is 35.4 Å². The van der Waals surface area contributed by atoms with Gasteiger partial charge >= 0.3 is 23.9 Å². The highest BCUT2D eigenvalue weighted by atomic mass is 19.4. The molecule has 1 atom stereocenters. The maximum atomic E-state index is 14.5. The third-order valence-electron chi connectivity index (χ3n) is 6.09. The minimum Gasteiger partial charge on any atom is -0.330 e. The van der Waals surface area contributed by atoms with Gasteiger partial charge in [0.1, 0.15) is 0 Å². The SMILES string of the molecule is CC(c1ccccc1)N(CCC(c1ccccc1)c1ccccc1)C(=O)C(F)(F)C(F)(F)C(F)(F)F. The summed E-state index contributed by atoms with van der Waals surface area (Å²) in [4.78, 5) is 13.2. The van der Waals surface area contributed by atoms with Crippen molar-refractivity contribution >= 4 is 5.91 Å². The van der Waals surface area contributed by atoms with Gasteiger partial charge in [0.15, 0.2) is 0 Å². The number of nitrogens with zero attached hydrogens (tertiary/aromatic N) is 1. The molecule has 0 fully saturated rings.